The van der Waals surface area contributed by atoms with Crippen molar-refractivity contribution >= 4 is 15.2 Å². The van der Waals surface area contributed by atoms with Gasteiger partial charge in [-0.3, -0.25) is 0 Å². The van der Waals surface area contributed by atoms with Gasteiger partial charge in [0.05, 0.1) is 0 Å². The van der Waals surface area contributed by atoms with E-state index in [0.717, 1.165) is 0 Å². The number of hydrogen-bond donors (Lipinski definition) is 0. The normalized spacial score (nSPS) is 11.4. The van der Waals surface area contributed by atoms with Gasteiger partial charge in [-0.25, -0.2) is 9.13 Å². The Balaban J connectivity index is 1.69. The van der Waals surface area contributed by atoms with Crippen molar-refractivity contribution in [3.05, 3.63) is 121 Å². The van der Waals surface area contributed by atoms with Crippen molar-refractivity contribution in [3.8, 4) is 23.0 Å². The summed E-state index contributed by atoms with van der Waals surface area (Å²) in [5.74, 6) is 0.615. The molecule has 0 aliphatic heterocycles. The molecule has 0 aromatic heterocycles. The molecule has 0 bridgehead atoms. The summed E-state index contributed by atoms with van der Waals surface area (Å²) in [4.78, 5) is 0. The standard InChI is InChI=1S/C25H22O6P2/c26-32(28-22-13-5-1-6-14-22,29-23-15-7-2-8-16-23)21-33(27,30-24-17-9-3-10-18-24)31-25-19-11-4-12-20-25/h1-20H,21H2. The maximum atomic E-state index is 14.0. The monoisotopic (exact) mass is 480 g/mol. The molecule has 0 radical (unpaired) electrons. The Hall–Kier alpha value is -3.46. The van der Waals surface area contributed by atoms with Crippen LogP contribution in [0.3, 0.4) is 0 Å². The zero-order chi connectivity index (χ0) is 23.0. The second-order valence-corrected chi connectivity index (χ2v) is 11.3. The van der Waals surface area contributed by atoms with Crippen molar-refractivity contribution in [2.75, 3.05) is 5.90 Å². The predicted octanol–water partition coefficient (Wildman–Crippen LogP) is 7.65. The lowest BCUT2D eigenvalue weighted by atomic mass is 10.3. The molecule has 0 aliphatic rings. The van der Waals surface area contributed by atoms with Crippen LogP contribution in [-0.4, -0.2) is 5.90 Å². The Kier molecular flexibility index (Phi) is 7.19. The fourth-order valence-corrected chi connectivity index (χ4v) is 7.40. The van der Waals surface area contributed by atoms with Crippen LogP contribution in [0.2, 0.25) is 0 Å². The molecule has 0 saturated carbocycles. The van der Waals surface area contributed by atoms with Crippen LogP contribution in [0, 0.1) is 0 Å². The molecular weight excluding hydrogens is 458 g/mol. The molecule has 4 aromatic carbocycles. The lowest BCUT2D eigenvalue weighted by Crippen LogP contribution is -2.12. The molecule has 8 heteroatoms. The zero-order valence-corrected chi connectivity index (χ0v) is 19.4. The largest absolute Gasteiger partial charge is 0.445 e. The maximum Gasteiger partial charge on any atom is 0.445 e. The summed E-state index contributed by atoms with van der Waals surface area (Å²) in [6.45, 7) is 0. The van der Waals surface area contributed by atoms with Crippen molar-refractivity contribution in [1.29, 1.82) is 0 Å². The summed E-state index contributed by atoms with van der Waals surface area (Å²) in [6.07, 6.45) is 0. The Labute approximate surface area is 192 Å². The summed E-state index contributed by atoms with van der Waals surface area (Å²) in [6, 6.07) is 34.3. The van der Waals surface area contributed by atoms with E-state index in [2.05, 4.69) is 0 Å². The third kappa shape index (κ3) is 6.76. The molecule has 168 valence electrons. The van der Waals surface area contributed by atoms with Crippen molar-refractivity contribution in [1.82, 2.24) is 0 Å². The van der Waals surface area contributed by atoms with E-state index in [9.17, 15) is 9.13 Å². The average Bonchev–Trinajstić information content (AvgIpc) is 2.81. The first kappa shape index (κ1) is 22.7. The first-order valence-corrected chi connectivity index (χ1v) is 13.6. The number of benzene rings is 4. The molecule has 0 spiro atoms. The minimum absolute atomic E-state index is 0.308. The van der Waals surface area contributed by atoms with E-state index in [1.165, 1.54) is 0 Å². The van der Waals surface area contributed by atoms with Crippen LogP contribution in [0.15, 0.2) is 121 Å². The van der Waals surface area contributed by atoms with Crippen LogP contribution < -0.4 is 18.1 Å². The van der Waals surface area contributed by atoms with E-state index in [0.29, 0.717) is 23.0 Å². The third-order valence-corrected chi connectivity index (χ3v) is 9.02. The van der Waals surface area contributed by atoms with Gasteiger partial charge < -0.3 is 18.1 Å². The summed E-state index contributed by atoms with van der Waals surface area (Å²) < 4.78 is 51.1. The quantitative estimate of drug-likeness (QED) is 0.217. The highest BCUT2D eigenvalue weighted by atomic mass is 31.2. The van der Waals surface area contributed by atoms with E-state index < -0.39 is 21.1 Å². The number of hydrogen-bond acceptors (Lipinski definition) is 6. The molecule has 6 nitrogen and oxygen atoms in total. The van der Waals surface area contributed by atoms with Crippen molar-refractivity contribution < 1.29 is 27.2 Å². The van der Waals surface area contributed by atoms with Gasteiger partial charge in [0.1, 0.15) is 23.0 Å². The van der Waals surface area contributed by atoms with E-state index in [4.69, 9.17) is 18.1 Å². The lowest BCUT2D eigenvalue weighted by Gasteiger charge is -2.25. The molecule has 0 atom stereocenters. The summed E-state index contributed by atoms with van der Waals surface area (Å²) >= 11 is 0. The van der Waals surface area contributed by atoms with Crippen LogP contribution >= 0.6 is 15.2 Å². The molecule has 4 aromatic rings. The molecule has 0 heterocycles. The van der Waals surface area contributed by atoms with E-state index >= 15 is 0 Å². The molecule has 0 N–H and O–H groups in total. The summed E-state index contributed by atoms with van der Waals surface area (Å²) in [5.41, 5.74) is 0. The van der Waals surface area contributed by atoms with Gasteiger partial charge in [-0.2, -0.15) is 0 Å². The van der Waals surface area contributed by atoms with Crippen LogP contribution in [0.5, 0.6) is 23.0 Å². The smallest absolute Gasteiger partial charge is 0.416 e. The van der Waals surface area contributed by atoms with Gasteiger partial charge in [-0.1, -0.05) is 72.8 Å². The summed E-state index contributed by atoms with van der Waals surface area (Å²) in [7, 11) is -8.14. The number of para-hydroxylation sites is 4. The second-order valence-electron chi connectivity index (χ2n) is 6.98. The Morgan fingerprint density at radius 1 is 0.394 bits per heavy atom. The zero-order valence-electron chi connectivity index (χ0n) is 17.6. The minimum atomic E-state index is -4.07. The van der Waals surface area contributed by atoms with Gasteiger partial charge in [0.25, 0.3) is 0 Å². The van der Waals surface area contributed by atoms with Gasteiger partial charge in [0, 0.05) is 0 Å². The molecule has 0 aliphatic carbocycles. The molecule has 0 unspecified atom stereocenters. The van der Waals surface area contributed by atoms with Crippen molar-refractivity contribution in [3.63, 3.8) is 0 Å². The molecule has 33 heavy (non-hydrogen) atoms. The van der Waals surface area contributed by atoms with Gasteiger partial charge >= 0.3 is 15.2 Å². The highest BCUT2D eigenvalue weighted by Gasteiger charge is 2.44. The average molecular weight is 480 g/mol. The molecule has 0 amide bonds. The summed E-state index contributed by atoms with van der Waals surface area (Å²) in [5, 5.41) is 0. The Morgan fingerprint density at radius 3 is 0.818 bits per heavy atom. The predicted molar refractivity (Wildman–Crippen MR) is 128 cm³/mol. The van der Waals surface area contributed by atoms with Gasteiger partial charge in [-0.15, -0.1) is 0 Å². The van der Waals surface area contributed by atoms with Gasteiger partial charge in [0.15, 0.2) is 5.90 Å². The molecule has 0 saturated heterocycles. The van der Waals surface area contributed by atoms with Crippen molar-refractivity contribution in [2.24, 2.45) is 0 Å². The van der Waals surface area contributed by atoms with Gasteiger partial charge in [-0.05, 0) is 48.5 Å². The fourth-order valence-electron chi connectivity index (χ4n) is 2.93. The maximum absolute atomic E-state index is 14.0. The molecular formula is C25H22O6P2. The Bertz CT molecular complexity index is 1050. The highest BCUT2D eigenvalue weighted by Crippen LogP contribution is 2.62. The van der Waals surface area contributed by atoms with Crippen molar-refractivity contribution in [2.45, 2.75) is 0 Å². The minimum Gasteiger partial charge on any atom is -0.416 e. The highest BCUT2D eigenvalue weighted by molar-refractivity contribution is 7.72. The second kappa shape index (κ2) is 10.4. The number of rotatable bonds is 10. The first-order valence-electron chi connectivity index (χ1n) is 10.2. The third-order valence-electron chi connectivity index (χ3n) is 4.30. The van der Waals surface area contributed by atoms with E-state index in [-0.39, 0.29) is 0 Å². The topological polar surface area (TPSA) is 71.1 Å². The van der Waals surface area contributed by atoms with Gasteiger partial charge in [0.2, 0.25) is 0 Å². The van der Waals surface area contributed by atoms with E-state index in [1.54, 1.807) is 121 Å². The SMILES string of the molecule is O=P(CP(=O)(Oc1ccccc1)Oc1ccccc1)(Oc1ccccc1)Oc1ccccc1. The lowest BCUT2D eigenvalue weighted by molar-refractivity contribution is 0.370. The fraction of sp³-hybridized carbons (Fsp3) is 0.0400. The first-order chi connectivity index (χ1) is 16.0. The van der Waals surface area contributed by atoms with E-state index in [1.807, 2.05) is 0 Å². The van der Waals surface area contributed by atoms with Crippen LogP contribution in [0.4, 0.5) is 0 Å². The molecule has 4 rings (SSSR count). The van der Waals surface area contributed by atoms with Crippen LogP contribution in [0.1, 0.15) is 0 Å². The molecule has 0 fully saturated rings. The Morgan fingerprint density at radius 2 is 0.606 bits per heavy atom. The van der Waals surface area contributed by atoms with Crippen LogP contribution in [0.25, 0.3) is 0 Å². The van der Waals surface area contributed by atoms with Crippen LogP contribution in [-0.2, 0) is 9.13 Å².